The highest BCUT2D eigenvalue weighted by Crippen LogP contribution is 2.25. The van der Waals surface area contributed by atoms with Gasteiger partial charge in [-0.1, -0.05) is 0 Å². The Bertz CT molecular complexity index is 281. The van der Waals surface area contributed by atoms with Crippen molar-refractivity contribution in [3.63, 3.8) is 0 Å². The van der Waals surface area contributed by atoms with Crippen molar-refractivity contribution in [2.45, 2.75) is 12.8 Å². The van der Waals surface area contributed by atoms with Gasteiger partial charge in [-0.25, -0.2) is 0 Å². The van der Waals surface area contributed by atoms with E-state index in [1.165, 1.54) is 35.4 Å². The van der Waals surface area contributed by atoms with Gasteiger partial charge in [0.1, 0.15) is 0 Å². The lowest BCUT2D eigenvalue weighted by Gasteiger charge is -2.22. The minimum absolute atomic E-state index is 0.845. The van der Waals surface area contributed by atoms with Crippen molar-refractivity contribution < 1.29 is 0 Å². The van der Waals surface area contributed by atoms with Crippen LogP contribution < -0.4 is 10.6 Å². The zero-order valence-electron chi connectivity index (χ0n) is 8.05. The number of anilines is 1. The number of thiophene rings is 1. The maximum absolute atomic E-state index is 3.50. The Morgan fingerprint density at radius 2 is 2.29 bits per heavy atom. The highest BCUT2D eigenvalue weighted by atomic mass is 79.9. The summed E-state index contributed by atoms with van der Waals surface area (Å²) in [6, 6.07) is 2.14. The summed E-state index contributed by atoms with van der Waals surface area (Å²) in [6.07, 6.45) is 2.61. The van der Waals surface area contributed by atoms with Gasteiger partial charge in [0, 0.05) is 16.4 Å². The average Bonchev–Trinajstić information content (AvgIpc) is 2.63. The third-order valence-electron chi connectivity index (χ3n) is 2.59. The van der Waals surface area contributed by atoms with Gasteiger partial charge in [-0.15, -0.1) is 11.3 Å². The lowest BCUT2D eigenvalue weighted by molar-refractivity contribution is 0.390. The molecule has 1 saturated heterocycles. The molecule has 0 radical (unpaired) electrons. The van der Waals surface area contributed by atoms with E-state index in [-0.39, 0.29) is 0 Å². The number of piperidine rings is 1. The Morgan fingerprint density at radius 1 is 1.50 bits per heavy atom. The van der Waals surface area contributed by atoms with Gasteiger partial charge in [0.15, 0.2) is 0 Å². The van der Waals surface area contributed by atoms with Crippen LogP contribution in [0.2, 0.25) is 0 Å². The second kappa shape index (κ2) is 5.14. The molecule has 14 heavy (non-hydrogen) atoms. The molecule has 78 valence electrons. The van der Waals surface area contributed by atoms with Crippen molar-refractivity contribution in [1.82, 2.24) is 5.32 Å². The van der Waals surface area contributed by atoms with Crippen LogP contribution in [0.3, 0.4) is 0 Å². The van der Waals surface area contributed by atoms with Gasteiger partial charge in [-0.3, -0.25) is 0 Å². The molecular formula is C10H15BrN2S. The van der Waals surface area contributed by atoms with Crippen LogP contribution in [-0.2, 0) is 0 Å². The summed E-state index contributed by atoms with van der Waals surface area (Å²) >= 11 is 5.22. The molecule has 2 N–H and O–H groups in total. The Labute approximate surface area is 97.2 Å². The lowest BCUT2D eigenvalue weighted by Crippen LogP contribution is -2.31. The molecule has 1 aromatic heterocycles. The third-order valence-corrected chi connectivity index (χ3v) is 4.24. The first-order chi connectivity index (χ1) is 6.84. The first kappa shape index (κ1) is 10.5. The summed E-state index contributed by atoms with van der Waals surface area (Å²) in [7, 11) is 0. The summed E-state index contributed by atoms with van der Waals surface area (Å²) in [5, 5.41) is 10.3. The maximum atomic E-state index is 3.50. The van der Waals surface area contributed by atoms with E-state index in [4.69, 9.17) is 0 Å². The Kier molecular flexibility index (Phi) is 3.84. The topological polar surface area (TPSA) is 24.1 Å². The SMILES string of the molecule is Brc1csc(NCC2CCNCC2)c1. The van der Waals surface area contributed by atoms with Crippen LogP contribution in [0.25, 0.3) is 0 Å². The molecule has 0 unspecified atom stereocenters. The molecule has 0 aromatic carbocycles. The normalized spacial score (nSPS) is 18.4. The van der Waals surface area contributed by atoms with Crippen LogP contribution in [0, 0.1) is 5.92 Å². The predicted octanol–water partition coefficient (Wildman–Crippen LogP) is 2.92. The van der Waals surface area contributed by atoms with Gasteiger partial charge in [-0.2, -0.15) is 0 Å². The number of hydrogen-bond acceptors (Lipinski definition) is 3. The van der Waals surface area contributed by atoms with Crippen molar-refractivity contribution in [2.75, 3.05) is 25.0 Å². The van der Waals surface area contributed by atoms with Gasteiger partial charge < -0.3 is 10.6 Å². The van der Waals surface area contributed by atoms with E-state index in [9.17, 15) is 0 Å². The van der Waals surface area contributed by atoms with Gasteiger partial charge in [-0.05, 0) is 53.8 Å². The zero-order valence-corrected chi connectivity index (χ0v) is 10.5. The molecule has 0 spiro atoms. The molecule has 0 bridgehead atoms. The molecular weight excluding hydrogens is 260 g/mol. The smallest absolute Gasteiger partial charge is 0.0894 e. The Hall–Kier alpha value is -0.0600. The molecule has 1 fully saturated rings. The largest absolute Gasteiger partial charge is 0.377 e. The number of halogens is 1. The van der Waals surface area contributed by atoms with E-state index < -0.39 is 0 Å². The minimum atomic E-state index is 0.845. The average molecular weight is 275 g/mol. The van der Waals surface area contributed by atoms with Crippen LogP contribution in [0.5, 0.6) is 0 Å². The van der Waals surface area contributed by atoms with Gasteiger partial charge in [0.2, 0.25) is 0 Å². The summed E-state index contributed by atoms with van der Waals surface area (Å²) < 4.78 is 1.18. The van der Waals surface area contributed by atoms with Gasteiger partial charge in [0.25, 0.3) is 0 Å². The van der Waals surface area contributed by atoms with E-state index in [0.717, 1.165) is 12.5 Å². The minimum Gasteiger partial charge on any atom is -0.377 e. The molecule has 2 heterocycles. The van der Waals surface area contributed by atoms with E-state index in [1.807, 2.05) is 0 Å². The quantitative estimate of drug-likeness (QED) is 0.886. The summed E-state index contributed by atoms with van der Waals surface area (Å²) in [6.45, 7) is 3.48. The monoisotopic (exact) mass is 274 g/mol. The molecule has 0 aliphatic carbocycles. The predicted molar refractivity (Wildman–Crippen MR) is 66.1 cm³/mol. The van der Waals surface area contributed by atoms with Crippen molar-refractivity contribution in [3.8, 4) is 0 Å². The molecule has 2 rings (SSSR count). The second-order valence-corrected chi connectivity index (χ2v) is 5.53. The van der Waals surface area contributed by atoms with Gasteiger partial charge in [0.05, 0.1) is 5.00 Å². The van der Waals surface area contributed by atoms with E-state index in [2.05, 4.69) is 38.0 Å². The highest BCUT2D eigenvalue weighted by molar-refractivity contribution is 9.10. The first-order valence-corrected chi connectivity index (χ1v) is 6.70. The maximum Gasteiger partial charge on any atom is 0.0894 e. The van der Waals surface area contributed by atoms with Gasteiger partial charge >= 0.3 is 0 Å². The number of nitrogens with one attached hydrogen (secondary N) is 2. The molecule has 1 aromatic rings. The fourth-order valence-corrected chi connectivity index (χ4v) is 3.07. The van der Waals surface area contributed by atoms with Crippen LogP contribution in [-0.4, -0.2) is 19.6 Å². The molecule has 0 atom stereocenters. The van der Waals surface area contributed by atoms with E-state index >= 15 is 0 Å². The van der Waals surface area contributed by atoms with Crippen LogP contribution >= 0.6 is 27.3 Å². The standard InChI is InChI=1S/C10H15BrN2S/c11-9-5-10(14-7-9)13-6-8-1-3-12-4-2-8/h5,7-8,12-13H,1-4,6H2. The highest BCUT2D eigenvalue weighted by Gasteiger charge is 2.12. The fraction of sp³-hybridized carbons (Fsp3) is 0.600. The number of rotatable bonds is 3. The fourth-order valence-electron chi connectivity index (χ4n) is 1.74. The van der Waals surface area contributed by atoms with E-state index in [0.29, 0.717) is 0 Å². The summed E-state index contributed by atoms with van der Waals surface area (Å²) in [4.78, 5) is 0. The zero-order chi connectivity index (χ0) is 9.80. The van der Waals surface area contributed by atoms with Crippen LogP contribution in [0.15, 0.2) is 15.9 Å². The Morgan fingerprint density at radius 3 is 2.93 bits per heavy atom. The van der Waals surface area contributed by atoms with E-state index in [1.54, 1.807) is 11.3 Å². The lowest BCUT2D eigenvalue weighted by atomic mass is 9.98. The molecule has 0 saturated carbocycles. The molecule has 1 aliphatic heterocycles. The van der Waals surface area contributed by atoms with Crippen molar-refractivity contribution in [2.24, 2.45) is 5.92 Å². The van der Waals surface area contributed by atoms with Crippen molar-refractivity contribution >= 4 is 32.3 Å². The van der Waals surface area contributed by atoms with Crippen LogP contribution in [0.4, 0.5) is 5.00 Å². The van der Waals surface area contributed by atoms with Crippen LogP contribution in [0.1, 0.15) is 12.8 Å². The number of hydrogen-bond donors (Lipinski definition) is 2. The first-order valence-electron chi connectivity index (χ1n) is 5.03. The third kappa shape index (κ3) is 2.97. The Balaban J connectivity index is 1.76. The van der Waals surface area contributed by atoms with Crippen molar-refractivity contribution in [3.05, 3.63) is 15.9 Å². The summed E-state index contributed by atoms with van der Waals surface area (Å²) in [5.74, 6) is 0.845. The molecule has 1 aliphatic rings. The molecule has 4 heteroatoms. The van der Waals surface area contributed by atoms with Crippen molar-refractivity contribution in [1.29, 1.82) is 0 Å². The summed E-state index contributed by atoms with van der Waals surface area (Å²) in [5.41, 5.74) is 0. The second-order valence-electron chi connectivity index (χ2n) is 3.70. The molecule has 2 nitrogen and oxygen atoms in total. The molecule has 0 amide bonds.